The molecule has 1 aromatic rings. The van der Waals surface area contributed by atoms with E-state index in [9.17, 15) is 4.79 Å². The average molecular weight is 293 g/mol. The van der Waals surface area contributed by atoms with Crippen LogP contribution in [0.5, 0.6) is 0 Å². The van der Waals surface area contributed by atoms with Crippen LogP contribution in [0, 0.1) is 5.92 Å². The van der Waals surface area contributed by atoms with Gasteiger partial charge in [0.2, 0.25) is 0 Å². The molecule has 1 saturated heterocycles. The number of piperidine rings is 1. The molecule has 20 heavy (non-hydrogen) atoms. The number of aliphatic carboxylic acids is 1. The maximum Gasteiger partial charge on any atom is 0.306 e. The van der Waals surface area contributed by atoms with E-state index in [1.165, 1.54) is 10.5 Å². The Balaban J connectivity index is 2.05. The van der Waals surface area contributed by atoms with E-state index >= 15 is 0 Å². The van der Waals surface area contributed by atoms with Gasteiger partial charge in [-0.1, -0.05) is 12.1 Å². The summed E-state index contributed by atoms with van der Waals surface area (Å²) in [5.41, 5.74) is 1.31. The average Bonchev–Trinajstić information content (AvgIpc) is 2.46. The Morgan fingerprint density at radius 1 is 1.40 bits per heavy atom. The lowest BCUT2D eigenvalue weighted by Crippen LogP contribution is -2.43. The van der Waals surface area contributed by atoms with Crippen LogP contribution in [0.2, 0.25) is 0 Å². The minimum absolute atomic E-state index is 0.174. The van der Waals surface area contributed by atoms with Crippen LogP contribution >= 0.6 is 11.8 Å². The molecule has 1 aliphatic rings. The van der Waals surface area contributed by atoms with Gasteiger partial charge in [-0.05, 0) is 57.2 Å². The maximum atomic E-state index is 11.1. The van der Waals surface area contributed by atoms with Crippen LogP contribution < -0.4 is 0 Å². The van der Waals surface area contributed by atoms with Gasteiger partial charge >= 0.3 is 5.97 Å². The van der Waals surface area contributed by atoms with Gasteiger partial charge in [0.25, 0.3) is 0 Å². The van der Waals surface area contributed by atoms with Gasteiger partial charge in [0.1, 0.15) is 0 Å². The Morgan fingerprint density at radius 2 is 2.05 bits per heavy atom. The van der Waals surface area contributed by atoms with Crippen molar-refractivity contribution in [3.63, 3.8) is 0 Å². The van der Waals surface area contributed by atoms with E-state index in [-0.39, 0.29) is 5.92 Å². The van der Waals surface area contributed by atoms with Crippen LogP contribution in [0.15, 0.2) is 29.2 Å². The molecule has 3 unspecified atom stereocenters. The van der Waals surface area contributed by atoms with Gasteiger partial charge in [-0.3, -0.25) is 9.69 Å². The zero-order valence-electron chi connectivity index (χ0n) is 12.4. The molecule has 4 heteroatoms. The number of carbonyl (C=O) groups is 1. The summed E-state index contributed by atoms with van der Waals surface area (Å²) < 4.78 is 0. The summed E-state index contributed by atoms with van der Waals surface area (Å²) >= 11 is 1.75. The topological polar surface area (TPSA) is 40.5 Å². The van der Waals surface area contributed by atoms with E-state index in [1.54, 1.807) is 11.8 Å². The summed E-state index contributed by atoms with van der Waals surface area (Å²) in [4.78, 5) is 14.8. The van der Waals surface area contributed by atoms with Crippen molar-refractivity contribution in [3.05, 3.63) is 29.8 Å². The smallest absolute Gasteiger partial charge is 0.306 e. The molecule has 1 aliphatic heterocycles. The lowest BCUT2D eigenvalue weighted by Gasteiger charge is -2.40. The summed E-state index contributed by atoms with van der Waals surface area (Å²) in [7, 11) is 0. The van der Waals surface area contributed by atoms with E-state index in [0.717, 1.165) is 19.4 Å². The molecule has 0 amide bonds. The Bertz CT molecular complexity index is 460. The van der Waals surface area contributed by atoms with Crippen molar-refractivity contribution < 1.29 is 9.90 Å². The largest absolute Gasteiger partial charge is 0.481 e. The second-order valence-corrected chi connectivity index (χ2v) is 6.48. The predicted molar refractivity (Wildman–Crippen MR) is 83.2 cm³/mol. The molecule has 0 aromatic heterocycles. The molecule has 1 N–H and O–H groups in total. The highest BCUT2D eigenvalue weighted by Crippen LogP contribution is 2.31. The molecule has 2 rings (SSSR count). The minimum atomic E-state index is -0.645. The van der Waals surface area contributed by atoms with Crippen LogP contribution in [0.1, 0.15) is 38.3 Å². The second kappa shape index (κ2) is 6.64. The third kappa shape index (κ3) is 3.36. The molecule has 0 bridgehead atoms. The zero-order valence-corrected chi connectivity index (χ0v) is 13.2. The summed E-state index contributed by atoms with van der Waals surface area (Å²) in [5.74, 6) is -0.819. The number of benzene rings is 1. The van der Waals surface area contributed by atoms with Crippen LogP contribution in [-0.2, 0) is 4.79 Å². The first-order valence-electron chi connectivity index (χ1n) is 7.15. The van der Waals surface area contributed by atoms with Crippen molar-refractivity contribution in [1.82, 2.24) is 4.90 Å². The van der Waals surface area contributed by atoms with E-state index < -0.39 is 5.97 Å². The van der Waals surface area contributed by atoms with E-state index in [2.05, 4.69) is 49.3 Å². The summed E-state index contributed by atoms with van der Waals surface area (Å²) in [6, 6.07) is 9.35. The fraction of sp³-hybridized carbons (Fsp3) is 0.562. The van der Waals surface area contributed by atoms with Crippen LogP contribution in [0.4, 0.5) is 0 Å². The van der Waals surface area contributed by atoms with E-state index in [4.69, 9.17) is 5.11 Å². The third-order valence-corrected chi connectivity index (χ3v) is 5.12. The Kier molecular flexibility index (Phi) is 5.11. The molecule has 1 aromatic carbocycles. The van der Waals surface area contributed by atoms with Crippen molar-refractivity contribution >= 4 is 17.7 Å². The minimum Gasteiger partial charge on any atom is -0.481 e. The SMILES string of the molecule is CSc1ccc(C(C)N2CCC(C(=O)O)CC2C)cc1. The van der Waals surface area contributed by atoms with Gasteiger partial charge in [-0.15, -0.1) is 11.8 Å². The second-order valence-electron chi connectivity index (χ2n) is 5.60. The standard InChI is InChI=1S/C16H23NO2S/c1-11-10-14(16(18)19)8-9-17(11)12(2)13-4-6-15(20-3)7-5-13/h4-7,11-12,14H,8-10H2,1-3H3,(H,18,19). The monoisotopic (exact) mass is 293 g/mol. The summed E-state index contributed by atoms with van der Waals surface area (Å²) in [6.07, 6.45) is 3.59. The number of carboxylic acid groups (broad SMARTS) is 1. The molecule has 0 radical (unpaired) electrons. The number of rotatable bonds is 4. The lowest BCUT2D eigenvalue weighted by molar-refractivity contribution is -0.144. The number of hydrogen-bond acceptors (Lipinski definition) is 3. The Labute approximate surface area is 125 Å². The Hall–Kier alpha value is -1.00. The first kappa shape index (κ1) is 15.4. The van der Waals surface area contributed by atoms with Crippen molar-refractivity contribution in [2.45, 2.75) is 43.7 Å². The van der Waals surface area contributed by atoms with E-state index in [0.29, 0.717) is 12.1 Å². The van der Waals surface area contributed by atoms with Crippen molar-refractivity contribution in [2.75, 3.05) is 12.8 Å². The molecular weight excluding hydrogens is 270 g/mol. The normalized spacial score (nSPS) is 25.4. The number of thioether (sulfide) groups is 1. The highest BCUT2D eigenvalue weighted by Gasteiger charge is 2.32. The number of nitrogens with zero attached hydrogens (tertiary/aromatic N) is 1. The van der Waals surface area contributed by atoms with Crippen molar-refractivity contribution in [1.29, 1.82) is 0 Å². The van der Waals surface area contributed by atoms with Gasteiger partial charge in [0.05, 0.1) is 5.92 Å². The highest BCUT2D eigenvalue weighted by atomic mass is 32.2. The first-order valence-corrected chi connectivity index (χ1v) is 8.38. The lowest BCUT2D eigenvalue weighted by atomic mass is 9.89. The van der Waals surface area contributed by atoms with Gasteiger partial charge in [-0.25, -0.2) is 0 Å². The number of hydrogen-bond donors (Lipinski definition) is 1. The molecule has 0 aliphatic carbocycles. The van der Waals surface area contributed by atoms with Crippen LogP contribution in [0.25, 0.3) is 0 Å². The number of likely N-dealkylation sites (tertiary alicyclic amines) is 1. The molecular formula is C16H23NO2S. The first-order chi connectivity index (χ1) is 9.52. The van der Waals surface area contributed by atoms with Gasteiger partial charge < -0.3 is 5.11 Å². The van der Waals surface area contributed by atoms with Gasteiger partial charge in [0.15, 0.2) is 0 Å². The molecule has 3 nitrogen and oxygen atoms in total. The maximum absolute atomic E-state index is 11.1. The highest BCUT2D eigenvalue weighted by molar-refractivity contribution is 7.98. The van der Waals surface area contributed by atoms with E-state index in [1.807, 2.05) is 0 Å². The zero-order chi connectivity index (χ0) is 14.7. The number of carboxylic acids is 1. The van der Waals surface area contributed by atoms with Gasteiger partial charge in [0, 0.05) is 17.0 Å². The molecule has 1 fully saturated rings. The quantitative estimate of drug-likeness (QED) is 0.860. The van der Waals surface area contributed by atoms with Crippen molar-refractivity contribution in [2.24, 2.45) is 5.92 Å². The third-order valence-electron chi connectivity index (χ3n) is 4.37. The van der Waals surface area contributed by atoms with Gasteiger partial charge in [-0.2, -0.15) is 0 Å². The Morgan fingerprint density at radius 3 is 2.55 bits per heavy atom. The van der Waals surface area contributed by atoms with Crippen LogP contribution in [-0.4, -0.2) is 34.8 Å². The summed E-state index contributed by atoms with van der Waals surface area (Å²) in [6.45, 7) is 5.22. The molecule has 110 valence electrons. The molecule has 1 heterocycles. The predicted octanol–water partition coefficient (Wildman–Crippen LogP) is 3.65. The summed E-state index contributed by atoms with van der Waals surface area (Å²) in [5, 5.41) is 9.13. The van der Waals surface area contributed by atoms with Crippen LogP contribution in [0.3, 0.4) is 0 Å². The molecule has 0 saturated carbocycles. The fourth-order valence-corrected chi connectivity index (χ4v) is 3.47. The molecule has 3 atom stereocenters. The van der Waals surface area contributed by atoms with Crippen molar-refractivity contribution in [3.8, 4) is 0 Å². The molecule has 0 spiro atoms. The fourth-order valence-electron chi connectivity index (χ4n) is 3.06.